The molecule has 2 amide bonds. The van der Waals surface area contributed by atoms with Gasteiger partial charge in [0.05, 0.1) is 11.4 Å². The van der Waals surface area contributed by atoms with Gasteiger partial charge >= 0.3 is 0 Å². The van der Waals surface area contributed by atoms with Crippen LogP contribution < -0.4 is 4.90 Å². The van der Waals surface area contributed by atoms with E-state index in [4.69, 9.17) is 6.42 Å². The SMILES string of the molecule is C#CCN1C(=O)S/C(=C\c2cc(C)n(-c3ccc(N(CC)CC)cc3)c2C)C1=O. The molecule has 150 valence electrons. The van der Waals surface area contributed by atoms with E-state index in [1.54, 1.807) is 6.08 Å². The number of aromatic nitrogens is 1. The zero-order valence-electron chi connectivity index (χ0n) is 17.2. The first-order chi connectivity index (χ1) is 13.9. The van der Waals surface area contributed by atoms with Crippen molar-refractivity contribution in [2.45, 2.75) is 27.7 Å². The largest absolute Gasteiger partial charge is 0.372 e. The lowest BCUT2D eigenvalue weighted by Gasteiger charge is -2.21. The van der Waals surface area contributed by atoms with Crippen LogP contribution in [-0.2, 0) is 4.79 Å². The van der Waals surface area contributed by atoms with Crippen LogP contribution in [-0.4, -0.2) is 40.2 Å². The van der Waals surface area contributed by atoms with Crippen LogP contribution >= 0.6 is 11.8 Å². The Bertz CT molecular complexity index is 1010. The van der Waals surface area contributed by atoms with Gasteiger partial charge in [-0.25, -0.2) is 0 Å². The molecule has 1 fully saturated rings. The predicted molar refractivity (Wildman–Crippen MR) is 120 cm³/mol. The number of benzene rings is 1. The summed E-state index contributed by atoms with van der Waals surface area (Å²) in [7, 11) is 0. The Balaban J connectivity index is 1.93. The van der Waals surface area contributed by atoms with Crippen molar-refractivity contribution in [2.75, 3.05) is 24.5 Å². The van der Waals surface area contributed by atoms with Gasteiger partial charge in [-0.3, -0.25) is 14.5 Å². The van der Waals surface area contributed by atoms with Gasteiger partial charge in [0.1, 0.15) is 0 Å². The molecule has 1 aliphatic rings. The van der Waals surface area contributed by atoms with Gasteiger partial charge in [-0.2, -0.15) is 0 Å². The molecular formula is C23H25N3O2S. The first kappa shape index (κ1) is 20.8. The summed E-state index contributed by atoms with van der Waals surface area (Å²) in [5, 5.41) is -0.319. The van der Waals surface area contributed by atoms with Crippen molar-refractivity contribution in [3.63, 3.8) is 0 Å². The fourth-order valence-electron chi connectivity index (χ4n) is 3.60. The molecule has 0 aliphatic carbocycles. The van der Waals surface area contributed by atoms with E-state index in [2.05, 4.69) is 53.5 Å². The fourth-order valence-corrected chi connectivity index (χ4v) is 4.43. The van der Waals surface area contributed by atoms with Gasteiger partial charge in [0.25, 0.3) is 11.1 Å². The zero-order chi connectivity index (χ0) is 21.1. The van der Waals surface area contributed by atoms with E-state index in [1.807, 2.05) is 19.9 Å². The third-order valence-corrected chi connectivity index (χ3v) is 6.02. The molecule has 0 radical (unpaired) electrons. The average molecular weight is 408 g/mol. The molecule has 29 heavy (non-hydrogen) atoms. The molecule has 0 bridgehead atoms. The number of terminal acetylenes is 1. The minimum Gasteiger partial charge on any atom is -0.372 e. The molecule has 3 rings (SSSR count). The van der Waals surface area contributed by atoms with Crippen LogP contribution in [0.4, 0.5) is 10.5 Å². The van der Waals surface area contributed by atoms with E-state index >= 15 is 0 Å². The van der Waals surface area contributed by atoms with Gasteiger partial charge in [-0.1, -0.05) is 5.92 Å². The smallest absolute Gasteiger partial charge is 0.294 e. The van der Waals surface area contributed by atoms with Gasteiger partial charge < -0.3 is 9.47 Å². The van der Waals surface area contributed by atoms with Crippen LogP contribution in [0.2, 0.25) is 0 Å². The molecule has 0 atom stereocenters. The third-order valence-electron chi connectivity index (χ3n) is 5.12. The summed E-state index contributed by atoms with van der Waals surface area (Å²) in [6, 6.07) is 10.5. The summed E-state index contributed by atoms with van der Waals surface area (Å²) < 4.78 is 2.16. The van der Waals surface area contributed by atoms with Gasteiger partial charge in [-0.05, 0) is 81.4 Å². The van der Waals surface area contributed by atoms with Crippen LogP contribution in [0.15, 0.2) is 35.2 Å². The lowest BCUT2D eigenvalue weighted by molar-refractivity contribution is -0.122. The molecule has 6 heteroatoms. The average Bonchev–Trinajstić information content (AvgIpc) is 3.13. The summed E-state index contributed by atoms with van der Waals surface area (Å²) in [6.45, 7) is 10.3. The number of nitrogens with zero attached hydrogens (tertiary/aromatic N) is 3. The van der Waals surface area contributed by atoms with Crippen LogP contribution in [0.1, 0.15) is 30.8 Å². The summed E-state index contributed by atoms with van der Waals surface area (Å²) >= 11 is 0.935. The monoisotopic (exact) mass is 407 g/mol. The van der Waals surface area contributed by atoms with Gasteiger partial charge in [-0.15, -0.1) is 6.42 Å². The minimum atomic E-state index is -0.327. The van der Waals surface area contributed by atoms with Crippen molar-refractivity contribution >= 4 is 34.7 Å². The Hall–Kier alpha value is -2.91. The molecule has 5 nitrogen and oxygen atoms in total. The highest BCUT2D eigenvalue weighted by molar-refractivity contribution is 8.18. The second-order valence-electron chi connectivity index (χ2n) is 6.82. The Kier molecular flexibility index (Phi) is 6.19. The van der Waals surface area contributed by atoms with Crippen LogP contribution in [0.3, 0.4) is 0 Å². The first-order valence-electron chi connectivity index (χ1n) is 9.64. The molecule has 0 unspecified atom stereocenters. The number of imide groups is 1. The van der Waals surface area contributed by atoms with E-state index in [0.29, 0.717) is 4.91 Å². The Morgan fingerprint density at radius 1 is 1.14 bits per heavy atom. The first-order valence-corrected chi connectivity index (χ1v) is 10.5. The van der Waals surface area contributed by atoms with Crippen molar-refractivity contribution in [3.05, 3.63) is 52.2 Å². The van der Waals surface area contributed by atoms with E-state index in [9.17, 15) is 9.59 Å². The normalized spacial score (nSPS) is 15.3. The van der Waals surface area contributed by atoms with Crippen LogP contribution in [0.5, 0.6) is 0 Å². The quantitative estimate of drug-likeness (QED) is 0.518. The standard InChI is InChI=1S/C23H25N3O2S/c1-6-13-25-22(27)21(29-23(25)28)15-18-14-16(4)26(17(18)5)20-11-9-19(10-12-20)24(7-2)8-3/h1,9-12,14-15H,7-8,13H2,2-5H3/b21-15-. The molecule has 2 aromatic rings. The minimum absolute atomic E-state index is 0.0000844. The number of anilines is 1. The lowest BCUT2D eigenvalue weighted by Crippen LogP contribution is -2.28. The van der Waals surface area contributed by atoms with Crippen molar-refractivity contribution < 1.29 is 9.59 Å². The Morgan fingerprint density at radius 2 is 1.79 bits per heavy atom. The second kappa shape index (κ2) is 8.62. The predicted octanol–water partition coefficient (Wildman–Crippen LogP) is 4.61. The second-order valence-corrected chi connectivity index (χ2v) is 7.82. The lowest BCUT2D eigenvalue weighted by atomic mass is 10.2. The Morgan fingerprint density at radius 3 is 2.38 bits per heavy atom. The van der Waals surface area contributed by atoms with Crippen LogP contribution in [0, 0.1) is 26.2 Å². The molecule has 1 aromatic carbocycles. The molecule has 1 saturated heterocycles. The summed E-state index contributed by atoms with van der Waals surface area (Å²) in [5.41, 5.74) is 5.26. The number of aryl methyl sites for hydroxylation is 1. The maximum atomic E-state index is 12.5. The Labute approximate surface area is 176 Å². The summed E-state index contributed by atoms with van der Waals surface area (Å²) in [6.07, 6.45) is 7.04. The maximum absolute atomic E-state index is 12.5. The number of hydrogen-bond donors (Lipinski definition) is 0. The fraction of sp³-hybridized carbons (Fsp3) is 0.304. The van der Waals surface area contributed by atoms with E-state index < -0.39 is 0 Å². The molecule has 2 heterocycles. The highest BCUT2D eigenvalue weighted by Crippen LogP contribution is 2.33. The highest BCUT2D eigenvalue weighted by Gasteiger charge is 2.34. The van der Waals surface area contributed by atoms with Crippen molar-refractivity contribution in [3.8, 4) is 18.0 Å². The number of carbonyl (C=O) groups excluding carboxylic acids is 2. The number of carbonyl (C=O) groups is 2. The molecule has 0 N–H and O–H groups in total. The van der Waals surface area contributed by atoms with Gasteiger partial charge in [0, 0.05) is 35.9 Å². The van der Waals surface area contributed by atoms with Gasteiger partial charge in [0.15, 0.2) is 0 Å². The van der Waals surface area contributed by atoms with Crippen LogP contribution in [0.25, 0.3) is 11.8 Å². The molecule has 1 aromatic heterocycles. The molecule has 0 spiro atoms. The number of rotatable bonds is 6. The summed E-state index contributed by atoms with van der Waals surface area (Å²) in [4.78, 5) is 28.3. The molecule has 0 saturated carbocycles. The van der Waals surface area contributed by atoms with Crippen molar-refractivity contribution in [2.24, 2.45) is 0 Å². The van der Waals surface area contributed by atoms with E-state index in [1.165, 1.54) is 5.69 Å². The van der Waals surface area contributed by atoms with Crippen molar-refractivity contribution in [1.82, 2.24) is 9.47 Å². The maximum Gasteiger partial charge on any atom is 0.294 e. The zero-order valence-corrected chi connectivity index (χ0v) is 18.0. The van der Waals surface area contributed by atoms with E-state index in [-0.39, 0.29) is 17.7 Å². The van der Waals surface area contributed by atoms with E-state index in [0.717, 1.165) is 52.4 Å². The summed E-state index contributed by atoms with van der Waals surface area (Å²) in [5.74, 6) is 2.03. The number of amides is 2. The number of hydrogen-bond acceptors (Lipinski definition) is 4. The topological polar surface area (TPSA) is 45.6 Å². The molecule has 1 aliphatic heterocycles. The van der Waals surface area contributed by atoms with Gasteiger partial charge in [0.2, 0.25) is 0 Å². The third kappa shape index (κ3) is 3.96. The highest BCUT2D eigenvalue weighted by atomic mass is 32.2. The number of thioether (sulfide) groups is 1. The van der Waals surface area contributed by atoms with Crippen molar-refractivity contribution in [1.29, 1.82) is 0 Å². The molecular weight excluding hydrogens is 382 g/mol.